The average molecular weight is 256 g/mol. The zero-order valence-corrected chi connectivity index (χ0v) is 10.7. The predicted molar refractivity (Wildman–Crippen MR) is 69.5 cm³/mol. The Labute approximate surface area is 107 Å². The van der Waals surface area contributed by atoms with E-state index in [2.05, 4.69) is 0 Å². The molecule has 1 unspecified atom stereocenters. The number of hydrogen-bond donors (Lipinski definition) is 1. The van der Waals surface area contributed by atoms with E-state index in [4.69, 9.17) is 17.3 Å². The fourth-order valence-electron chi connectivity index (χ4n) is 2.71. The third kappa shape index (κ3) is 3.43. The molecule has 1 nitrogen and oxygen atoms in total. The van der Waals surface area contributed by atoms with Crippen molar-refractivity contribution in [1.82, 2.24) is 0 Å². The minimum absolute atomic E-state index is 0.225. The maximum atomic E-state index is 13.6. The van der Waals surface area contributed by atoms with Gasteiger partial charge in [0, 0.05) is 16.6 Å². The van der Waals surface area contributed by atoms with Crippen LogP contribution in [0.25, 0.3) is 0 Å². The molecule has 3 heteroatoms. The molecule has 94 valence electrons. The van der Waals surface area contributed by atoms with Crippen molar-refractivity contribution in [2.75, 3.05) is 0 Å². The lowest BCUT2D eigenvalue weighted by Crippen LogP contribution is -2.18. The van der Waals surface area contributed by atoms with Crippen molar-refractivity contribution in [1.29, 1.82) is 0 Å². The van der Waals surface area contributed by atoms with Crippen LogP contribution < -0.4 is 5.73 Å². The molecule has 0 radical (unpaired) electrons. The first-order chi connectivity index (χ1) is 8.16. The summed E-state index contributed by atoms with van der Waals surface area (Å²) in [5.41, 5.74) is 6.66. The summed E-state index contributed by atoms with van der Waals surface area (Å²) in [5, 5.41) is 0.556. The largest absolute Gasteiger partial charge is 0.324 e. The minimum atomic E-state index is -0.238. The molecular weight excluding hydrogens is 237 g/mol. The molecule has 1 aliphatic rings. The molecule has 1 fully saturated rings. The summed E-state index contributed by atoms with van der Waals surface area (Å²) in [6.45, 7) is 0. The summed E-state index contributed by atoms with van der Waals surface area (Å²) in [6, 6.07) is 4.40. The molecule has 0 bridgehead atoms. The lowest BCUT2D eigenvalue weighted by Gasteiger charge is -2.25. The number of rotatable bonds is 3. The molecule has 2 N–H and O–H groups in total. The third-order valence-electron chi connectivity index (χ3n) is 3.67. The summed E-state index contributed by atoms with van der Waals surface area (Å²) < 4.78 is 13.6. The van der Waals surface area contributed by atoms with E-state index in [9.17, 15) is 4.39 Å². The van der Waals surface area contributed by atoms with Gasteiger partial charge >= 0.3 is 0 Å². The van der Waals surface area contributed by atoms with Gasteiger partial charge in [0.1, 0.15) is 5.82 Å². The minimum Gasteiger partial charge on any atom is -0.324 e. The van der Waals surface area contributed by atoms with Crippen molar-refractivity contribution in [3.8, 4) is 0 Å². The van der Waals surface area contributed by atoms with Gasteiger partial charge in [-0.05, 0) is 30.5 Å². The van der Waals surface area contributed by atoms with Crippen molar-refractivity contribution in [3.05, 3.63) is 34.6 Å². The van der Waals surface area contributed by atoms with Gasteiger partial charge in [0.05, 0.1) is 0 Å². The Kier molecular flexibility index (Phi) is 4.41. The van der Waals surface area contributed by atoms with Crippen LogP contribution in [0.3, 0.4) is 0 Å². The van der Waals surface area contributed by atoms with E-state index in [0.29, 0.717) is 16.5 Å². The second kappa shape index (κ2) is 5.83. The predicted octanol–water partition coefficient (Wildman–Crippen LogP) is 4.45. The first-order valence-electron chi connectivity index (χ1n) is 6.37. The highest BCUT2D eigenvalue weighted by atomic mass is 35.5. The maximum Gasteiger partial charge on any atom is 0.128 e. The van der Waals surface area contributed by atoms with Gasteiger partial charge in [-0.25, -0.2) is 4.39 Å². The van der Waals surface area contributed by atoms with E-state index < -0.39 is 0 Å². The second-order valence-corrected chi connectivity index (χ2v) is 5.45. The van der Waals surface area contributed by atoms with Crippen molar-refractivity contribution in [2.24, 2.45) is 11.7 Å². The molecule has 0 aliphatic heterocycles. The van der Waals surface area contributed by atoms with Crippen LogP contribution in [-0.4, -0.2) is 0 Å². The summed E-state index contributed by atoms with van der Waals surface area (Å²) in [4.78, 5) is 0. The van der Waals surface area contributed by atoms with Gasteiger partial charge in [-0.15, -0.1) is 0 Å². The lowest BCUT2D eigenvalue weighted by molar-refractivity contribution is 0.317. The van der Waals surface area contributed by atoms with Gasteiger partial charge < -0.3 is 5.73 Å². The number of benzene rings is 1. The van der Waals surface area contributed by atoms with Crippen LogP contribution in [-0.2, 0) is 0 Å². The summed E-state index contributed by atoms with van der Waals surface area (Å²) in [7, 11) is 0. The second-order valence-electron chi connectivity index (χ2n) is 5.01. The van der Waals surface area contributed by atoms with Gasteiger partial charge in [0.15, 0.2) is 0 Å². The normalized spacial score (nSPS) is 19.2. The lowest BCUT2D eigenvalue weighted by atomic mass is 9.83. The van der Waals surface area contributed by atoms with Crippen molar-refractivity contribution in [2.45, 2.75) is 44.6 Å². The Morgan fingerprint density at radius 1 is 1.29 bits per heavy atom. The first-order valence-corrected chi connectivity index (χ1v) is 6.75. The van der Waals surface area contributed by atoms with Crippen LogP contribution in [0.4, 0.5) is 4.39 Å². The standard InChI is InChI=1S/C14H19ClFN/c15-11-6-7-13(16)12(9-11)14(17)8-10-4-2-1-3-5-10/h6-7,9-10,14H,1-5,8,17H2. The molecule has 0 amide bonds. The molecule has 0 saturated heterocycles. The number of nitrogens with two attached hydrogens (primary N) is 1. The highest BCUT2D eigenvalue weighted by molar-refractivity contribution is 6.30. The Morgan fingerprint density at radius 3 is 2.71 bits per heavy atom. The molecule has 17 heavy (non-hydrogen) atoms. The van der Waals surface area contributed by atoms with Crippen LogP contribution in [0, 0.1) is 11.7 Å². The van der Waals surface area contributed by atoms with Gasteiger partial charge in [-0.3, -0.25) is 0 Å². The van der Waals surface area contributed by atoms with Crippen LogP contribution in [0.2, 0.25) is 5.02 Å². The topological polar surface area (TPSA) is 26.0 Å². The number of hydrogen-bond acceptors (Lipinski definition) is 1. The Balaban J connectivity index is 2.02. The van der Waals surface area contributed by atoms with E-state index >= 15 is 0 Å². The van der Waals surface area contributed by atoms with Gasteiger partial charge in [0.2, 0.25) is 0 Å². The van der Waals surface area contributed by atoms with E-state index in [1.165, 1.54) is 38.2 Å². The monoisotopic (exact) mass is 255 g/mol. The molecule has 2 rings (SSSR count). The summed E-state index contributed by atoms with van der Waals surface area (Å²) >= 11 is 5.88. The molecule has 1 aliphatic carbocycles. The molecule has 1 aromatic rings. The average Bonchev–Trinajstić information content (AvgIpc) is 2.33. The van der Waals surface area contributed by atoms with E-state index in [-0.39, 0.29) is 11.9 Å². The SMILES string of the molecule is NC(CC1CCCCC1)c1cc(Cl)ccc1F. The van der Waals surface area contributed by atoms with Crippen molar-refractivity contribution in [3.63, 3.8) is 0 Å². The smallest absolute Gasteiger partial charge is 0.128 e. The highest BCUT2D eigenvalue weighted by Crippen LogP contribution is 2.32. The summed E-state index contributed by atoms with van der Waals surface area (Å²) in [5.74, 6) is 0.412. The molecular formula is C14H19ClFN. The molecule has 0 aromatic heterocycles. The molecule has 0 heterocycles. The zero-order valence-electron chi connectivity index (χ0n) is 9.96. The van der Waals surface area contributed by atoms with Crippen molar-refractivity contribution < 1.29 is 4.39 Å². The maximum absolute atomic E-state index is 13.6. The fourth-order valence-corrected chi connectivity index (χ4v) is 2.89. The van der Waals surface area contributed by atoms with Crippen LogP contribution >= 0.6 is 11.6 Å². The Bertz CT molecular complexity index is 374. The van der Waals surface area contributed by atoms with Gasteiger partial charge in [-0.2, -0.15) is 0 Å². The fraction of sp³-hybridized carbons (Fsp3) is 0.571. The van der Waals surface area contributed by atoms with Crippen LogP contribution in [0.15, 0.2) is 18.2 Å². The Hall–Kier alpha value is -0.600. The quantitative estimate of drug-likeness (QED) is 0.849. The highest BCUT2D eigenvalue weighted by Gasteiger charge is 2.19. The third-order valence-corrected chi connectivity index (χ3v) is 3.90. The molecule has 1 aromatic carbocycles. The van der Waals surface area contributed by atoms with E-state index in [1.807, 2.05) is 0 Å². The Morgan fingerprint density at radius 2 is 2.00 bits per heavy atom. The van der Waals surface area contributed by atoms with Crippen molar-refractivity contribution >= 4 is 11.6 Å². The van der Waals surface area contributed by atoms with Gasteiger partial charge in [-0.1, -0.05) is 43.7 Å². The first kappa shape index (κ1) is 12.8. The van der Waals surface area contributed by atoms with Crippen LogP contribution in [0.5, 0.6) is 0 Å². The van der Waals surface area contributed by atoms with E-state index in [1.54, 1.807) is 12.1 Å². The number of halogens is 2. The molecule has 0 spiro atoms. The van der Waals surface area contributed by atoms with E-state index in [0.717, 1.165) is 6.42 Å². The zero-order chi connectivity index (χ0) is 12.3. The van der Waals surface area contributed by atoms with Crippen LogP contribution in [0.1, 0.15) is 50.1 Å². The molecule has 1 atom stereocenters. The molecule has 1 saturated carbocycles. The summed E-state index contributed by atoms with van der Waals surface area (Å²) in [6.07, 6.45) is 7.24. The van der Waals surface area contributed by atoms with Gasteiger partial charge in [0.25, 0.3) is 0 Å².